The Hall–Kier alpha value is 0.120. The van der Waals surface area contributed by atoms with Gasteiger partial charge < -0.3 is 9.87 Å². The van der Waals surface area contributed by atoms with Crippen LogP contribution in [0.3, 0.4) is 0 Å². The summed E-state index contributed by atoms with van der Waals surface area (Å²) in [5.74, 6) is -1.06. The van der Waals surface area contributed by atoms with Crippen molar-refractivity contribution in [2.45, 2.75) is 19.4 Å². The van der Waals surface area contributed by atoms with Crippen molar-refractivity contribution in [3.05, 3.63) is 12.7 Å². The Labute approximate surface area is 106 Å². The zero-order chi connectivity index (χ0) is 10.5. The summed E-state index contributed by atoms with van der Waals surface area (Å²) >= 11 is 0. The molecule has 0 heterocycles. The molecular formula is C7H12NNaO4S. The van der Waals surface area contributed by atoms with E-state index in [-0.39, 0.29) is 29.6 Å². The van der Waals surface area contributed by atoms with Gasteiger partial charge in [-0.05, 0) is 12.5 Å². The Morgan fingerprint density at radius 1 is 1.64 bits per heavy atom. The minimum absolute atomic E-state index is 0. The molecule has 0 radical (unpaired) electrons. The molecule has 14 heavy (non-hydrogen) atoms. The Kier molecular flexibility index (Phi) is 8.77. The van der Waals surface area contributed by atoms with Crippen LogP contribution in [-0.2, 0) is 14.9 Å². The van der Waals surface area contributed by atoms with Crippen LogP contribution in [0.2, 0.25) is 0 Å². The molecule has 0 bridgehead atoms. The van der Waals surface area contributed by atoms with Gasteiger partial charge in [-0.25, -0.2) is 8.42 Å². The Bertz CT molecular complexity index is 288. The topological polar surface area (TPSA) is 86.3 Å². The Morgan fingerprint density at radius 2 is 2.14 bits per heavy atom. The molecule has 1 unspecified atom stereocenters. The molecule has 1 amide bonds. The fourth-order valence-corrected chi connectivity index (χ4v) is 1.58. The molecule has 5 nitrogen and oxygen atoms in total. The number of hydrogen-bond acceptors (Lipinski definition) is 4. The maximum atomic E-state index is 10.7. The summed E-state index contributed by atoms with van der Waals surface area (Å²) in [6.07, 6.45) is 1.42. The fourth-order valence-electron chi connectivity index (χ4n) is 0.768. The molecule has 0 aliphatic rings. The predicted octanol–water partition coefficient (Wildman–Crippen LogP) is -3.38. The first-order valence-electron chi connectivity index (χ1n) is 3.75. The van der Waals surface area contributed by atoms with E-state index in [1.807, 2.05) is 0 Å². The summed E-state index contributed by atoms with van der Waals surface area (Å²) in [6, 6.07) is -0.631. The van der Waals surface area contributed by atoms with E-state index in [2.05, 4.69) is 11.9 Å². The second-order valence-corrected chi connectivity index (χ2v) is 3.99. The van der Waals surface area contributed by atoms with E-state index in [4.69, 9.17) is 0 Å². The van der Waals surface area contributed by atoms with Crippen LogP contribution in [0.5, 0.6) is 0 Å². The van der Waals surface area contributed by atoms with Crippen molar-refractivity contribution in [2.75, 3.05) is 5.75 Å². The van der Waals surface area contributed by atoms with Gasteiger partial charge in [-0.1, -0.05) is 13.5 Å². The van der Waals surface area contributed by atoms with Crippen molar-refractivity contribution in [3.8, 4) is 0 Å². The number of nitrogens with one attached hydrogen (secondary N) is 1. The second kappa shape index (κ2) is 7.42. The van der Waals surface area contributed by atoms with Gasteiger partial charge in [0.25, 0.3) is 0 Å². The molecule has 0 saturated carbocycles. The molecule has 1 N–H and O–H groups in total. The van der Waals surface area contributed by atoms with E-state index in [0.29, 0.717) is 6.42 Å². The number of carbonyl (C=O) groups excluding carboxylic acids is 1. The SMILES string of the molecule is C=CC(=O)NC(CC)CS(=O)(=O)[O-].[Na+]. The van der Waals surface area contributed by atoms with Gasteiger partial charge in [0.1, 0.15) is 0 Å². The standard InChI is InChI=1S/C7H13NO4S.Na/c1-3-6(5-13(10,11)12)8-7(9)4-2;/h4,6H,2-3,5H2,1H3,(H,8,9)(H,10,11,12);/q;+1/p-1. The summed E-state index contributed by atoms with van der Waals surface area (Å²) in [5, 5.41) is 2.34. The smallest absolute Gasteiger partial charge is 0.748 e. The summed E-state index contributed by atoms with van der Waals surface area (Å²) in [6.45, 7) is 4.88. The normalized spacial score (nSPS) is 12.4. The molecule has 0 rings (SSSR count). The van der Waals surface area contributed by atoms with Crippen molar-refractivity contribution in [1.82, 2.24) is 5.32 Å². The van der Waals surface area contributed by atoms with Gasteiger partial charge in [0.05, 0.1) is 15.9 Å². The van der Waals surface area contributed by atoms with Gasteiger partial charge >= 0.3 is 29.6 Å². The quantitative estimate of drug-likeness (QED) is 0.303. The molecule has 0 aromatic carbocycles. The van der Waals surface area contributed by atoms with Crippen LogP contribution in [0, 0.1) is 0 Å². The molecule has 76 valence electrons. The Morgan fingerprint density at radius 3 is 2.43 bits per heavy atom. The molecule has 0 aromatic rings. The summed E-state index contributed by atoms with van der Waals surface area (Å²) in [4.78, 5) is 10.7. The average Bonchev–Trinajstić information content (AvgIpc) is 2.00. The van der Waals surface area contributed by atoms with E-state index >= 15 is 0 Å². The molecule has 0 aliphatic carbocycles. The maximum Gasteiger partial charge on any atom is 1.00 e. The number of carbonyl (C=O) groups is 1. The van der Waals surface area contributed by atoms with Gasteiger partial charge in [0, 0.05) is 6.04 Å². The number of rotatable bonds is 5. The van der Waals surface area contributed by atoms with Gasteiger partial charge in [-0.3, -0.25) is 4.79 Å². The molecule has 0 spiro atoms. The molecule has 0 saturated heterocycles. The van der Waals surface area contributed by atoms with Crippen molar-refractivity contribution < 1.29 is 47.3 Å². The molecule has 0 aliphatic heterocycles. The number of hydrogen-bond donors (Lipinski definition) is 1. The fraction of sp³-hybridized carbons (Fsp3) is 0.571. The number of amides is 1. The van der Waals surface area contributed by atoms with Crippen LogP contribution < -0.4 is 34.9 Å². The van der Waals surface area contributed by atoms with Crippen LogP contribution in [0.25, 0.3) is 0 Å². The summed E-state index contributed by atoms with van der Waals surface area (Å²) in [5.41, 5.74) is 0. The molecule has 7 heteroatoms. The third-order valence-electron chi connectivity index (χ3n) is 1.43. The Balaban J connectivity index is 0. The molecule has 0 fully saturated rings. The van der Waals surface area contributed by atoms with Crippen LogP contribution >= 0.6 is 0 Å². The van der Waals surface area contributed by atoms with E-state index in [9.17, 15) is 17.8 Å². The van der Waals surface area contributed by atoms with Crippen LogP contribution in [0.1, 0.15) is 13.3 Å². The largest absolute Gasteiger partial charge is 1.00 e. The third-order valence-corrected chi connectivity index (χ3v) is 2.24. The first kappa shape index (κ1) is 16.5. The minimum atomic E-state index is -4.29. The van der Waals surface area contributed by atoms with Crippen molar-refractivity contribution >= 4 is 16.0 Å². The molecular weight excluding hydrogens is 217 g/mol. The molecule has 1 atom stereocenters. The third kappa shape index (κ3) is 8.71. The molecule has 0 aromatic heterocycles. The summed E-state index contributed by atoms with van der Waals surface area (Å²) in [7, 11) is -4.29. The first-order valence-corrected chi connectivity index (χ1v) is 5.33. The zero-order valence-electron chi connectivity index (χ0n) is 8.32. The van der Waals surface area contributed by atoms with Crippen LogP contribution in [0.4, 0.5) is 0 Å². The monoisotopic (exact) mass is 229 g/mol. The van der Waals surface area contributed by atoms with E-state index in [1.165, 1.54) is 0 Å². The maximum absolute atomic E-state index is 10.7. The predicted molar refractivity (Wildman–Crippen MR) is 47.0 cm³/mol. The van der Waals surface area contributed by atoms with E-state index < -0.39 is 27.8 Å². The van der Waals surface area contributed by atoms with E-state index in [0.717, 1.165) is 6.08 Å². The van der Waals surface area contributed by atoms with Crippen molar-refractivity contribution in [3.63, 3.8) is 0 Å². The van der Waals surface area contributed by atoms with E-state index in [1.54, 1.807) is 6.92 Å². The van der Waals surface area contributed by atoms with Gasteiger partial charge in [0.2, 0.25) is 5.91 Å². The summed E-state index contributed by atoms with van der Waals surface area (Å²) < 4.78 is 31.0. The first-order chi connectivity index (χ1) is 5.89. The zero-order valence-corrected chi connectivity index (χ0v) is 11.1. The minimum Gasteiger partial charge on any atom is -0.748 e. The second-order valence-electron chi connectivity index (χ2n) is 2.54. The van der Waals surface area contributed by atoms with Gasteiger partial charge in [0.15, 0.2) is 0 Å². The van der Waals surface area contributed by atoms with Gasteiger partial charge in [-0.2, -0.15) is 0 Å². The van der Waals surface area contributed by atoms with Crippen LogP contribution in [0.15, 0.2) is 12.7 Å². The van der Waals surface area contributed by atoms with Crippen molar-refractivity contribution in [1.29, 1.82) is 0 Å². The van der Waals surface area contributed by atoms with Crippen LogP contribution in [-0.4, -0.2) is 30.7 Å². The average molecular weight is 229 g/mol. The van der Waals surface area contributed by atoms with Crippen molar-refractivity contribution in [2.24, 2.45) is 0 Å². The van der Waals surface area contributed by atoms with Gasteiger partial charge in [-0.15, -0.1) is 0 Å².